The maximum Gasteiger partial charge on any atom is 0.248 e. The standard InChI is InChI=1S/C34H33N6O.C34H31N6O.C33H30N6O.HI.Pt/c2*1-22-23(2)39-20-26(19-31(33(39)36-22)38-16-15-37(6)21-38)41-25-11-12-28-27-9-7-8-10-29(27)40(30(28)18-25)32-17-24(13-14-35-32)34(3,4)5;1-21-22(2)38-19-25(18-30(32(38)36-21)37-15-14-34-20-37)40-24-10-11-27-26-8-6-7-9-28(26)39(29(27)17-24)31-16-23(12-13-35-31)33(3,4)5;;/h7-21H,1-6H3;7-17,20-21H,1-6H3;6-20H,1-5H3;1H;/q+1;-3;;;/p-1. The van der Waals surface area contributed by atoms with Crippen molar-refractivity contribution in [3.63, 3.8) is 0 Å². The summed E-state index contributed by atoms with van der Waals surface area (Å²) in [4.78, 5) is 37.1. The topological polar surface area (TPSA) is 166 Å². The summed E-state index contributed by atoms with van der Waals surface area (Å²) in [5, 5.41) is 6.92. The number of nitrogens with zero attached hydrogens (tertiary/aromatic N) is 18. The molecule has 0 spiro atoms. The number of hydrogen-bond donors (Lipinski definition) is 0. The van der Waals surface area contributed by atoms with Gasteiger partial charge in [-0.15, -0.1) is 23.6 Å². The minimum atomic E-state index is 0. The van der Waals surface area contributed by atoms with Crippen LogP contribution in [0.5, 0.6) is 34.5 Å². The molecule has 0 amide bonds. The van der Waals surface area contributed by atoms with E-state index in [2.05, 4.69) is 277 Å². The number of pyridine rings is 6. The van der Waals surface area contributed by atoms with Crippen molar-refractivity contribution in [3.05, 3.63) is 327 Å². The van der Waals surface area contributed by atoms with Crippen molar-refractivity contribution in [2.24, 2.45) is 7.05 Å². The summed E-state index contributed by atoms with van der Waals surface area (Å²) in [6, 6.07) is 65.9. The van der Waals surface area contributed by atoms with Gasteiger partial charge in [0.2, 0.25) is 6.33 Å². The molecule has 0 atom stereocenters. The molecule has 23 heteroatoms. The summed E-state index contributed by atoms with van der Waals surface area (Å²) in [7, 11) is 4.00. The summed E-state index contributed by atoms with van der Waals surface area (Å²) in [5.74, 6) is 6.78. The van der Waals surface area contributed by atoms with Crippen molar-refractivity contribution in [3.8, 4) is 63.3 Å². The molecule has 14 aromatic heterocycles. The van der Waals surface area contributed by atoms with Crippen molar-refractivity contribution in [2.75, 3.05) is 11.9 Å². The summed E-state index contributed by atoms with van der Waals surface area (Å²) in [5.41, 5.74) is 21.5. The zero-order valence-corrected chi connectivity index (χ0v) is 76.7. The van der Waals surface area contributed by atoms with Gasteiger partial charge >= 0.3 is 0 Å². The Bertz CT molecular complexity index is 7560. The Labute approximate surface area is 751 Å². The Kier molecular flexibility index (Phi) is 21.6. The molecule has 0 aliphatic carbocycles. The molecule has 1 aliphatic rings. The number of ether oxygens (including phenoxy) is 3. The van der Waals surface area contributed by atoms with Crippen molar-refractivity contribution >= 4 is 88.0 Å². The van der Waals surface area contributed by atoms with Gasteiger partial charge in [0.1, 0.15) is 52.8 Å². The van der Waals surface area contributed by atoms with Crippen LogP contribution in [0.25, 0.3) is 111 Å². The predicted octanol–water partition coefficient (Wildman–Crippen LogP) is 19.3. The van der Waals surface area contributed by atoms with Crippen molar-refractivity contribution in [2.45, 2.75) is 120 Å². The van der Waals surface area contributed by atoms with Gasteiger partial charge in [0.15, 0.2) is 17.0 Å². The Morgan fingerprint density at radius 2 is 0.855 bits per heavy atom. The average Bonchev–Trinajstić information content (AvgIpc) is 1.59. The largest absolute Gasteiger partial charge is 1.00 e. The first-order valence-electron chi connectivity index (χ1n) is 41.0. The van der Waals surface area contributed by atoms with Crippen LogP contribution in [0.3, 0.4) is 0 Å². The second-order valence-corrected chi connectivity index (χ2v) is 34.7. The third-order valence-electron chi connectivity index (χ3n) is 23.3. The number of aryl methyl sites for hydroxylation is 7. The number of aromatic nitrogens is 16. The predicted molar refractivity (Wildman–Crippen MR) is 485 cm³/mol. The molecule has 0 fully saturated rings. The van der Waals surface area contributed by atoms with E-state index in [-0.39, 0.29) is 61.3 Å². The maximum absolute atomic E-state index is 6.59. The third-order valence-corrected chi connectivity index (χ3v) is 23.3. The molecule has 626 valence electrons. The molecular weight excluding hydrogens is 1840 g/mol. The second-order valence-electron chi connectivity index (χ2n) is 34.7. The molecule has 21 rings (SSSR count). The molecule has 124 heavy (non-hydrogen) atoms. The van der Waals surface area contributed by atoms with E-state index in [9.17, 15) is 0 Å². The summed E-state index contributed by atoms with van der Waals surface area (Å²) >= 11 is 0. The molecule has 6 aromatic carbocycles. The van der Waals surface area contributed by atoms with E-state index in [1.54, 1.807) is 12.5 Å². The van der Waals surface area contributed by atoms with Gasteiger partial charge in [0.05, 0.1) is 64.9 Å². The van der Waals surface area contributed by atoms with Crippen LogP contribution in [0.1, 0.15) is 113 Å². The molecule has 1 aliphatic heterocycles. The van der Waals surface area contributed by atoms with E-state index in [4.69, 9.17) is 44.1 Å². The first-order chi connectivity index (χ1) is 58.6. The quantitative estimate of drug-likeness (QED) is 0.0646. The fraction of sp³-hybridized carbons (Fsp3) is 0.198. The monoisotopic (exact) mass is 1930 g/mol. The molecule has 0 saturated carbocycles. The maximum atomic E-state index is 6.59. The number of imidazole rings is 5. The van der Waals surface area contributed by atoms with E-state index in [0.29, 0.717) is 17.2 Å². The van der Waals surface area contributed by atoms with Crippen molar-refractivity contribution in [1.82, 2.24) is 75.8 Å². The zero-order chi connectivity index (χ0) is 84.5. The van der Waals surface area contributed by atoms with Gasteiger partial charge in [-0.25, -0.2) is 34.5 Å². The van der Waals surface area contributed by atoms with Crippen LogP contribution in [0.15, 0.2) is 257 Å². The van der Waals surface area contributed by atoms with Gasteiger partial charge in [-0.1, -0.05) is 134 Å². The van der Waals surface area contributed by atoms with Crippen LogP contribution in [0.2, 0.25) is 0 Å². The number of benzene rings is 6. The minimum absolute atomic E-state index is 0. The molecule has 0 N–H and O–H groups in total. The molecule has 21 nitrogen and oxygen atoms in total. The molecule has 0 bridgehead atoms. The molecule has 0 saturated heterocycles. The average molecular weight is 1930 g/mol. The number of anilines is 1. The van der Waals surface area contributed by atoms with Crippen LogP contribution in [0.4, 0.5) is 5.69 Å². The van der Waals surface area contributed by atoms with E-state index < -0.39 is 0 Å². The molecule has 0 unspecified atom stereocenters. The second kappa shape index (κ2) is 32.2. The van der Waals surface area contributed by atoms with E-state index in [1.165, 1.54) is 27.5 Å². The van der Waals surface area contributed by atoms with Gasteiger partial charge in [0.25, 0.3) is 0 Å². The Hall–Kier alpha value is -13.2. The number of para-hydroxylation sites is 3. The fourth-order valence-corrected chi connectivity index (χ4v) is 16.3. The van der Waals surface area contributed by atoms with Gasteiger partial charge < -0.3 is 61.5 Å². The molecule has 15 heterocycles. The van der Waals surface area contributed by atoms with Crippen LogP contribution in [0, 0.1) is 60.3 Å². The van der Waals surface area contributed by atoms with Crippen molar-refractivity contribution in [1.29, 1.82) is 0 Å². The molecule has 20 aromatic rings. The van der Waals surface area contributed by atoms with Gasteiger partial charge in [-0.3, -0.25) is 22.9 Å². The number of halogens is 1. The van der Waals surface area contributed by atoms with Gasteiger partial charge in [-0.2, -0.15) is 17.3 Å². The van der Waals surface area contributed by atoms with Gasteiger partial charge in [-0.05, 0) is 178 Å². The fourth-order valence-electron chi connectivity index (χ4n) is 16.3. The molecular formula is C101H94IN18O3Pt-3. The summed E-state index contributed by atoms with van der Waals surface area (Å²) in [6.45, 7) is 34.3. The Morgan fingerprint density at radius 3 is 1.31 bits per heavy atom. The normalized spacial score (nSPS) is 12.5. The number of fused-ring (bicyclic) bond motifs is 12. The summed E-state index contributed by atoms with van der Waals surface area (Å²) < 4.78 is 38.6. The Morgan fingerprint density at radius 1 is 0.411 bits per heavy atom. The first-order valence-corrected chi connectivity index (χ1v) is 41.0. The van der Waals surface area contributed by atoms with Crippen LogP contribution >= 0.6 is 0 Å². The van der Waals surface area contributed by atoms with E-state index >= 15 is 0 Å². The van der Waals surface area contributed by atoms with E-state index in [0.717, 1.165) is 158 Å². The SMILES string of the molecule is Cc1nc2c(-n3cc[n+](C)c3)cc(Oc3ccc4c5ccccc5n(-c5cc(C(C)(C)C)ccn5)c4c3)cn2c1C.Cc1nc2c(-n3ccnc3)cc(Oc3ccc4c5ccccc5n(-c5cc(C(C)(C)C)ccn5)c4c3)cn2c1C.Cc1nc2c(N3C=CN(C)[CH-]3)[c-]c(Oc3[c-]c4c(cc3)c3ccccc3n4-c3cc(C(C)(C)C)ccn3)cn2c1C.[I-].[Pt]. The Balaban J connectivity index is 0.000000131. The first kappa shape index (κ1) is 83.1. The third kappa shape index (κ3) is 15.3. The molecule has 0 radical (unpaired) electrons. The number of rotatable bonds is 12. The van der Waals surface area contributed by atoms with Crippen LogP contribution in [-0.2, 0) is 44.4 Å². The summed E-state index contributed by atoms with van der Waals surface area (Å²) in [6.07, 6.45) is 27.2. The van der Waals surface area contributed by atoms with Crippen LogP contribution in [-0.4, -0.2) is 82.9 Å². The van der Waals surface area contributed by atoms with Gasteiger partial charge in [0, 0.05) is 143 Å². The number of hydrogen-bond acceptors (Lipinski definition) is 12. The van der Waals surface area contributed by atoms with Crippen molar-refractivity contribution < 1.29 is 63.8 Å². The van der Waals surface area contributed by atoms with E-state index in [1.807, 2.05) is 159 Å². The minimum Gasteiger partial charge on any atom is -1.00 e. The zero-order valence-electron chi connectivity index (χ0n) is 72.3. The van der Waals surface area contributed by atoms with Crippen LogP contribution < -0.4 is 47.7 Å². The smallest absolute Gasteiger partial charge is 0.248 e.